The number of phosphoric ester groups is 2. The van der Waals surface area contributed by atoms with E-state index in [1.807, 2.05) is 0 Å². The van der Waals surface area contributed by atoms with E-state index in [2.05, 4.69) is 48.5 Å². The topological polar surface area (TPSA) is 237 Å². The average molecular weight is 1380 g/mol. The van der Waals surface area contributed by atoms with Crippen LogP contribution in [0.25, 0.3) is 0 Å². The highest BCUT2D eigenvalue weighted by molar-refractivity contribution is 7.47. The summed E-state index contributed by atoms with van der Waals surface area (Å²) < 4.78 is 68.4. The van der Waals surface area contributed by atoms with Crippen LogP contribution in [0.5, 0.6) is 0 Å². The van der Waals surface area contributed by atoms with Gasteiger partial charge >= 0.3 is 39.5 Å². The summed E-state index contributed by atoms with van der Waals surface area (Å²) in [6.45, 7) is 12.0. The van der Waals surface area contributed by atoms with Gasteiger partial charge in [-0.3, -0.25) is 37.3 Å². The van der Waals surface area contributed by atoms with Crippen molar-refractivity contribution in [2.24, 2.45) is 17.8 Å². The number of unbranched alkanes of at least 4 members (excludes halogenated alkanes) is 38. The molecule has 0 bridgehead atoms. The van der Waals surface area contributed by atoms with Gasteiger partial charge in [0.25, 0.3) is 0 Å². The third kappa shape index (κ3) is 64.7. The number of hydrogen-bond acceptors (Lipinski definition) is 15. The van der Waals surface area contributed by atoms with Crippen molar-refractivity contribution in [2.45, 2.75) is 401 Å². The van der Waals surface area contributed by atoms with Crippen molar-refractivity contribution in [2.75, 3.05) is 39.6 Å². The SMILES string of the molecule is CCCCCCCCCCC(=O)OC[C@H](COP(=O)(O)OC[C@H](O)COP(=O)(O)OC[C@@H](COC(=O)CCCCCCCCCCCCC(C)CC)OC(=O)CCCCCCCCCCCCCCCCC(C)CC)OC(=O)CCCCCCCCCCCCC(C)CC. The minimum Gasteiger partial charge on any atom is -0.462 e. The van der Waals surface area contributed by atoms with Crippen LogP contribution in [0, 0.1) is 17.8 Å². The molecule has 0 saturated heterocycles. The molecule has 8 atom stereocenters. The minimum atomic E-state index is -4.96. The Bertz CT molecular complexity index is 1840. The lowest BCUT2D eigenvalue weighted by molar-refractivity contribution is -0.161. The van der Waals surface area contributed by atoms with E-state index in [4.69, 9.17) is 37.0 Å². The van der Waals surface area contributed by atoms with Crippen molar-refractivity contribution in [1.29, 1.82) is 0 Å². The van der Waals surface area contributed by atoms with Crippen LogP contribution in [-0.2, 0) is 65.4 Å². The van der Waals surface area contributed by atoms with Crippen molar-refractivity contribution in [3.8, 4) is 0 Å². The lowest BCUT2D eigenvalue weighted by Crippen LogP contribution is -2.30. The molecule has 0 aliphatic carbocycles. The van der Waals surface area contributed by atoms with E-state index in [0.717, 1.165) is 114 Å². The maximum atomic E-state index is 13.1. The van der Waals surface area contributed by atoms with Crippen LogP contribution in [-0.4, -0.2) is 96.7 Å². The van der Waals surface area contributed by atoms with Crippen molar-refractivity contribution in [3.63, 3.8) is 0 Å². The quantitative estimate of drug-likeness (QED) is 0.0222. The minimum absolute atomic E-state index is 0.106. The van der Waals surface area contributed by atoms with Crippen molar-refractivity contribution >= 4 is 39.5 Å². The zero-order valence-electron chi connectivity index (χ0n) is 61.4. The summed E-state index contributed by atoms with van der Waals surface area (Å²) in [6, 6.07) is 0. The van der Waals surface area contributed by atoms with E-state index >= 15 is 0 Å². The maximum Gasteiger partial charge on any atom is 0.472 e. The van der Waals surface area contributed by atoms with Gasteiger partial charge in [0.1, 0.15) is 19.3 Å². The van der Waals surface area contributed by atoms with Gasteiger partial charge in [0.05, 0.1) is 26.4 Å². The van der Waals surface area contributed by atoms with Gasteiger partial charge < -0.3 is 33.8 Å². The molecule has 5 unspecified atom stereocenters. The van der Waals surface area contributed by atoms with Gasteiger partial charge in [0.2, 0.25) is 0 Å². The molecule has 558 valence electrons. The van der Waals surface area contributed by atoms with Crippen LogP contribution >= 0.6 is 15.6 Å². The number of hydrogen-bond donors (Lipinski definition) is 3. The Morgan fingerprint density at radius 2 is 0.511 bits per heavy atom. The van der Waals surface area contributed by atoms with Gasteiger partial charge in [-0.15, -0.1) is 0 Å². The number of phosphoric acid groups is 2. The summed E-state index contributed by atoms with van der Waals surface area (Å²) >= 11 is 0. The molecule has 0 heterocycles. The Kier molecular flexibility index (Phi) is 64.3. The molecule has 0 aromatic carbocycles. The summed E-state index contributed by atoms with van der Waals surface area (Å²) in [5, 5.41) is 10.6. The van der Waals surface area contributed by atoms with Gasteiger partial charge in [-0.05, 0) is 43.4 Å². The molecule has 94 heavy (non-hydrogen) atoms. The molecule has 0 rings (SSSR count). The zero-order valence-corrected chi connectivity index (χ0v) is 63.2. The Morgan fingerprint density at radius 1 is 0.298 bits per heavy atom. The number of ether oxygens (including phenoxy) is 4. The zero-order chi connectivity index (χ0) is 69.4. The second-order valence-corrected chi connectivity index (χ2v) is 30.7. The van der Waals surface area contributed by atoms with E-state index in [-0.39, 0.29) is 25.7 Å². The Morgan fingerprint density at radius 3 is 0.755 bits per heavy atom. The van der Waals surface area contributed by atoms with Crippen molar-refractivity contribution in [3.05, 3.63) is 0 Å². The normalized spacial score (nSPS) is 15.0. The van der Waals surface area contributed by atoms with Crippen LogP contribution in [0.15, 0.2) is 0 Å². The average Bonchev–Trinajstić information content (AvgIpc) is 1.55. The highest BCUT2D eigenvalue weighted by Gasteiger charge is 2.30. The van der Waals surface area contributed by atoms with Gasteiger partial charge in [-0.25, -0.2) is 9.13 Å². The van der Waals surface area contributed by atoms with Crippen LogP contribution in [0.3, 0.4) is 0 Å². The van der Waals surface area contributed by atoms with E-state index in [1.54, 1.807) is 0 Å². The lowest BCUT2D eigenvalue weighted by atomic mass is 9.99. The molecule has 0 aromatic rings. The predicted octanol–water partition coefficient (Wildman–Crippen LogP) is 21.8. The van der Waals surface area contributed by atoms with Crippen LogP contribution < -0.4 is 0 Å². The first kappa shape index (κ1) is 92.1. The first-order valence-electron chi connectivity index (χ1n) is 39.0. The molecular weight excluding hydrogens is 1230 g/mol. The molecular formula is C75H146O17P2. The fourth-order valence-electron chi connectivity index (χ4n) is 11.3. The number of carbonyl (C=O) groups is 4. The fraction of sp³-hybridized carbons (Fsp3) is 0.947. The Hall–Kier alpha value is -1.94. The van der Waals surface area contributed by atoms with Crippen molar-refractivity contribution in [1.82, 2.24) is 0 Å². The van der Waals surface area contributed by atoms with Crippen LogP contribution in [0.1, 0.15) is 382 Å². The molecule has 0 saturated carbocycles. The monoisotopic (exact) mass is 1380 g/mol. The number of aliphatic hydroxyl groups is 1. The highest BCUT2D eigenvalue weighted by Crippen LogP contribution is 2.45. The molecule has 0 aromatic heterocycles. The summed E-state index contributed by atoms with van der Waals surface area (Å²) in [7, 11) is -9.91. The molecule has 0 fully saturated rings. The molecule has 0 aliphatic rings. The van der Waals surface area contributed by atoms with E-state index in [9.17, 15) is 43.2 Å². The third-order valence-electron chi connectivity index (χ3n) is 18.5. The summed E-state index contributed by atoms with van der Waals surface area (Å²) in [5.41, 5.74) is 0. The largest absolute Gasteiger partial charge is 0.472 e. The van der Waals surface area contributed by atoms with Gasteiger partial charge in [-0.1, -0.05) is 331 Å². The molecule has 0 aliphatic heterocycles. The second kappa shape index (κ2) is 65.7. The van der Waals surface area contributed by atoms with Crippen LogP contribution in [0.4, 0.5) is 0 Å². The molecule has 17 nitrogen and oxygen atoms in total. The third-order valence-corrected chi connectivity index (χ3v) is 20.4. The lowest BCUT2D eigenvalue weighted by Gasteiger charge is -2.21. The molecule has 19 heteroatoms. The fourth-order valence-corrected chi connectivity index (χ4v) is 12.9. The number of aliphatic hydroxyl groups excluding tert-OH is 1. The Labute approximate surface area is 575 Å². The Balaban J connectivity index is 5.23. The predicted molar refractivity (Wildman–Crippen MR) is 381 cm³/mol. The standard InChI is InChI=1S/C75H146O17P2/c1-8-12-13-14-15-35-42-49-56-72(77)85-62-70(91-75(80)59-52-45-38-31-25-23-28-34-41-48-55-68(7)11-4)64-89-93(81,82)87-60-69(76)61-88-94(83,84)90-65-71(63-86-73(78)57-50-43-36-29-24-22-27-33-40-47-54-67(6)10-3)92-74(79)58-51-44-37-30-21-19-17-16-18-20-26-32-39-46-53-66(5)9-2/h66-71,76H,8-65H2,1-7H3,(H,81,82)(H,83,84)/t66?,67?,68?,69-,70+,71+/m0/s1. The number of carbonyl (C=O) groups excluding carboxylic acids is 4. The van der Waals surface area contributed by atoms with Gasteiger partial charge in [0.15, 0.2) is 12.2 Å². The smallest absolute Gasteiger partial charge is 0.462 e. The first-order chi connectivity index (χ1) is 45.3. The van der Waals surface area contributed by atoms with Crippen molar-refractivity contribution < 1.29 is 80.2 Å². The van der Waals surface area contributed by atoms with E-state index < -0.39 is 97.5 Å². The maximum absolute atomic E-state index is 13.1. The van der Waals surface area contributed by atoms with E-state index in [1.165, 1.54) is 186 Å². The summed E-state index contributed by atoms with van der Waals surface area (Å²) in [4.78, 5) is 72.7. The molecule has 3 N–H and O–H groups in total. The number of rotatable bonds is 73. The van der Waals surface area contributed by atoms with Gasteiger partial charge in [-0.2, -0.15) is 0 Å². The molecule has 0 radical (unpaired) electrons. The molecule has 0 spiro atoms. The highest BCUT2D eigenvalue weighted by atomic mass is 31.2. The summed E-state index contributed by atoms with van der Waals surface area (Å²) in [5.74, 6) is 0.338. The van der Waals surface area contributed by atoms with Gasteiger partial charge in [0, 0.05) is 25.7 Å². The molecule has 0 amide bonds. The summed E-state index contributed by atoms with van der Waals surface area (Å²) in [6.07, 6.45) is 51.1. The van der Waals surface area contributed by atoms with Crippen LogP contribution in [0.2, 0.25) is 0 Å². The first-order valence-corrected chi connectivity index (χ1v) is 42.0. The second-order valence-electron chi connectivity index (χ2n) is 27.8. The van der Waals surface area contributed by atoms with E-state index in [0.29, 0.717) is 25.7 Å². The number of esters is 4.